The number of pyridine rings is 1. The zero-order chi connectivity index (χ0) is 16.1. The van der Waals surface area contributed by atoms with E-state index in [4.69, 9.17) is 5.26 Å². The van der Waals surface area contributed by atoms with Crippen molar-refractivity contribution in [2.75, 3.05) is 0 Å². The van der Waals surface area contributed by atoms with E-state index in [1.54, 1.807) is 6.20 Å². The van der Waals surface area contributed by atoms with E-state index in [9.17, 15) is 4.79 Å². The average Bonchev–Trinajstić information content (AvgIpc) is 3.05. The van der Waals surface area contributed by atoms with Gasteiger partial charge in [0.2, 0.25) is 5.91 Å². The molecule has 23 heavy (non-hydrogen) atoms. The number of aromatic nitrogens is 1. The molecule has 0 aliphatic heterocycles. The Kier molecular flexibility index (Phi) is 4.38. The summed E-state index contributed by atoms with van der Waals surface area (Å²) in [6, 6.07) is 14.2. The highest BCUT2D eigenvalue weighted by Gasteiger charge is 2.36. The summed E-state index contributed by atoms with van der Waals surface area (Å²) >= 11 is 0. The van der Waals surface area contributed by atoms with E-state index in [0.29, 0.717) is 0 Å². The van der Waals surface area contributed by atoms with Gasteiger partial charge in [0.15, 0.2) is 0 Å². The van der Waals surface area contributed by atoms with Gasteiger partial charge < -0.3 is 5.32 Å². The molecule has 4 heteroatoms. The molecule has 1 heterocycles. The van der Waals surface area contributed by atoms with E-state index in [1.807, 2.05) is 24.4 Å². The molecular formula is C19H19N3O. The Balaban J connectivity index is 1.86. The van der Waals surface area contributed by atoms with E-state index in [-0.39, 0.29) is 17.9 Å². The van der Waals surface area contributed by atoms with Gasteiger partial charge in [0.25, 0.3) is 0 Å². The van der Waals surface area contributed by atoms with E-state index < -0.39 is 0 Å². The molecule has 0 radical (unpaired) electrons. The van der Waals surface area contributed by atoms with Crippen molar-refractivity contribution in [3.05, 3.63) is 54.4 Å². The van der Waals surface area contributed by atoms with Crippen LogP contribution in [0.1, 0.15) is 37.7 Å². The minimum absolute atomic E-state index is 0.0878. The lowest BCUT2D eigenvalue weighted by Gasteiger charge is -2.31. The number of hydrogen-bond acceptors (Lipinski definition) is 3. The zero-order valence-electron chi connectivity index (χ0n) is 13.0. The second-order valence-electron chi connectivity index (χ2n) is 5.99. The largest absolute Gasteiger partial charge is 0.346 e. The van der Waals surface area contributed by atoms with Crippen LogP contribution in [0.25, 0.3) is 11.1 Å². The molecule has 1 aliphatic carbocycles. The van der Waals surface area contributed by atoms with Crippen LogP contribution in [0.4, 0.5) is 0 Å². The fourth-order valence-corrected chi connectivity index (χ4v) is 3.36. The summed E-state index contributed by atoms with van der Waals surface area (Å²) in [6.45, 7) is 0. The normalized spacial score (nSPS) is 15.8. The minimum Gasteiger partial charge on any atom is -0.346 e. The van der Waals surface area contributed by atoms with Crippen molar-refractivity contribution >= 4 is 5.91 Å². The summed E-state index contributed by atoms with van der Waals surface area (Å²) in [5, 5.41) is 11.8. The summed E-state index contributed by atoms with van der Waals surface area (Å²) in [6.07, 6.45) is 7.56. The Morgan fingerprint density at radius 3 is 2.52 bits per heavy atom. The SMILES string of the molecule is N#CCC(=O)NC1(c2ccc(-c3cccnc3)cc2)CCCC1. The molecule has 1 aromatic carbocycles. The van der Waals surface area contributed by atoms with Gasteiger partial charge in [-0.15, -0.1) is 0 Å². The van der Waals surface area contributed by atoms with Gasteiger partial charge in [-0.3, -0.25) is 9.78 Å². The average molecular weight is 305 g/mol. The highest BCUT2D eigenvalue weighted by atomic mass is 16.1. The summed E-state index contributed by atoms with van der Waals surface area (Å²) in [5.74, 6) is -0.189. The number of hydrogen-bond donors (Lipinski definition) is 1. The summed E-state index contributed by atoms with van der Waals surface area (Å²) < 4.78 is 0. The molecule has 1 saturated carbocycles. The topological polar surface area (TPSA) is 65.8 Å². The number of nitrogens with zero attached hydrogens (tertiary/aromatic N) is 2. The Hall–Kier alpha value is -2.67. The standard InChI is InChI=1S/C19H19N3O/c20-12-9-18(23)22-19(10-1-2-11-19)17-7-5-15(6-8-17)16-4-3-13-21-14-16/h3-8,13-14H,1-2,9-11H2,(H,22,23). The van der Waals surface area contributed by atoms with Crippen molar-refractivity contribution in [1.82, 2.24) is 10.3 Å². The van der Waals surface area contributed by atoms with Crippen LogP contribution in [0, 0.1) is 11.3 Å². The van der Waals surface area contributed by atoms with Crippen molar-refractivity contribution in [3.8, 4) is 17.2 Å². The smallest absolute Gasteiger partial charge is 0.234 e. The van der Waals surface area contributed by atoms with Gasteiger partial charge in [-0.2, -0.15) is 5.26 Å². The molecule has 0 atom stereocenters. The van der Waals surface area contributed by atoms with E-state index >= 15 is 0 Å². The minimum atomic E-state index is -0.318. The lowest BCUT2D eigenvalue weighted by molar-refractivity contribution is -0.122. The van der Waals surface area contributed by atoms with Gasteiger partial charge in [0.1, 0.15) is 6.42 Å². The number of benzene rings is 1. The van der Waals surface area contributed by atoms with E-state index in [1.165, 1.54) is 0 Å². The molecule has 1 amide bonds. The highest BCUT2D eigenvalue weighted by molar-refractivity contribution is 5.79. The summed E-state index contributed by atoms with van der Waals surface area (Å²) in [7, 11) is 0. The second kappa shape index (κ2) is 6.62. The van der Waals surface area contributed by atoms with Gasteiger partial charge in [-0.1, -0.05) is 43.2 Å². The second-order valence-corrected chi connectivity index (χ2v) is 5.99. The number of rotatable bonds is 4. The fraction of sp³-hybridized carbons (Fsp3) is 0.316. The molecule has 0 bridgehead atoms. The molecule has 2 aromatic rings. The number of amides is 1. The van der Waals surface area contributed by atoms with E-state index in [2.05, 4.69) is 34.6 Å². The maximum Gasteiger partial charge on any atom is 0.234 e. The van der Waals surface area contributed by atoms with Crippen LogP contribution < -0.4 is 5.32 Å². The lowest BCUT2D eigenvalue weighted by atomic mass is 9.87. The summed E-state index contributed by atoms with van der Waals surface area (Å²) in [5.41, 5.74) is 2.99. The van der Waals surface area contributed by atoms with Gasteiger partial charge in [-0.25, -0.2) is 0 Å². The fourth-order valence-electron chi connectivity index (χ4n) is 3.36. The van der Waals surface area contributed by atoms with Crippen LogP contribution in [0.15, 0.2) is 48.8 Å². The molecule has 3 rings (SSSR count). The molecule has 1 fully saturated rings. The van der Waals surface area contributed by atoms with Crippen molar-refractivity contribution in [3.63, 3.8) is 0 Å². The van der Waals surface area contributed by atoms with Crippen molar-refractivity contribution < 1.29 is 4.79 Å². The Morgan fingerprint density at radius 1 is 1.17 bits per heavy atom. The van der Waals surface area contributed by atoms with Crippen LogP contribution in [-0.4, -0.2) is 10.9 Å². The van der Waals surface area contributed by atoms with Gasteiger partial charge in [0, 0.05) is 12.4 Å². The third-order valence-corrected chi connectivity index (χ3v) is 4.51. The molecule has 4 nitrogen and oxygen atoms in total. The maximum atomic E-state index is 11.9. The van der Waals surface area contributed by atoms with Crippen LogP contribution in [0.3, 0.4) is 0 Å². The number of nitrogens with one attached hydrogen (secondary N) is 1. The Bertz CT molecular complexity index is 711. The molecule has 1 N–H and O–H groups in total. The quantitative estimate of drug-likeness (QED) is 0.939. The number of nitriles is 1. The first-order chi connectivity index (χ1) is 11.2. The third kappa shape index (κ3) is 3.24. The molecule has 0 saturated heterocycles. The van der Waals surface area contributed by atoms with Crippen LogP contribution >= 0.6 is 0 Å². The van der Waals surface area contributed by atoms with Crippen molar-refractivity contribution in [2.45, 2.75) is 37.6 Å². The number of carbonyl (C=O) groups excluding carboxylic acids is 1. The molecule has 116 valence electrons. The monoisotopic (exact) mass is 305 g/mol. The first kappa shape index (κ1) is 15.2. The molecule has 0 unspecified atom stereocenters. The van der Waals surface area contributed by atoms with Gasteiger partial charge >= 0.3 is 0 Å². The van der Waals surface area contributed by atoms with Crippen molar-refractivity contribution in [1.29, 1.82) is 5.26 Å². The zero-order valence-corrected chi connectivity index (χ0v) is 13.0. The van der Waals surface area contributed by atoms with Crippen LogP contribution in [0.2, 0.25) is 0 Å². The molecule has 0 spiro atoms. The molecule has 1 aliphatic rings. The molecular weight excluding hydrogens is 286 g/mol. The van der Waals surface area contributed by atoms with Gasteiger partial charge in [0.05, 0.1) is 11.6 Å². The maximum absolute atomic E-state index is 11.9. The third-order valence-electron chi connectivity index (χ3n) is 4.51. The van der Waals surface area contributed by atoms with Crippen LogP contribution in [0.5, 0.6) is 0 Å². The first-order valence-corrected chi connectivity index (χ1v) is 7.92. The van der Waals surface area contributed by atoms with Crippen LogP contribution in [-0.2, 0) is 10.3 Å². The van der Waals surface area contributed by atoms with Crippen molar-refractivity contribution in [2.24, 2.45) is 0 Å². The molecule has 1 aromatic heterocycles. The lowest BCUT2D eigenvalue weighted by Crippen LogP contribution is -2.43. The predicted molar refractivity (Wildman–Crippen MR) is 88.2 cm³/mol. The van der Waals surface area contributed by atoms with E-state index in [0.717, 1.165) is 42.4 Å². The number of carbonyl (C=O) groups is 1. The predicted octanol–water partition coefficient (Wildman–Crippen LogP) is 3.55. The Morgan fingerprint density at radius 2 is 1.91 bits per heavy atom. The highest BCUT2D eigenvalue weighted by Crippen LogP contribution is 2.39. The first-order valence-electron chi connectivity index (χ1n) is 7.92. The van der Waals surface area contributed by atoms with Gasteiger partial charge in [-0.05, 0) is 35.6 Å². The summed E-state index contributed by atoms with van der Waals surface area (Å²) in [4.78, 5) is 16.1. The Labute approximate surface area is 136 Å².